The van der Waals surface area contributed by atoms with Crippen molar-refractivity contribution in [3.8, 4) is 11.8 Å². The minimum Gasteiger partial charge on any atom is -0.493 e. The van der Waals surface area contributed by atoms with Crippen molar-refractivity contribution in [1.82, 2.24) is 0 Å². The molecule has 1 atom stereocenters. The molecule has 0 aliphatic rings. The van der Waals surface area contributed by atoms with Crippen LogP contribution in [0.15, 0.2) is 24.3 Å². The van der Waals surface area contributed by atoms with Crippen LogP contribution in [0.5, 0.6) is 5.75 Å². The fourth-order valence-electron chi connectivity index (χ4n) is 1.58. The van der Waals surface area contributed by atoms with Crippen LogP contribution in [0.3, 0.4) is 0 Å². The molecule has 0 heterocycles. The van der Waals surface area contributed by atoms with Gasteiger partial charge in [-0.3, -0.25) is 0 Å². The van der Waals surface area contributed by atoms with Crippen LogP contribution in [0.25, 0.3) is 0 Å². The number of para-hydroxylation sites is 1. The Balaban J connectivity index is 2.66. The number of nitrogens with zero attached hydrogens (tertiary/aromatic N) is 1. The summed E-state index contributed by atoms with van der Waals surface area (Å²) in [6.45, 7) is 6.19. The lowest BCUT2D eigenvalue weighted by Crippen LogP contribution is -2.14. The first-order chi connectivity index (χ1) is 8.50. The summed E-state index contributed by atoms with van der Waals surface area (Å²) >= 11 is 0. The summed E-state index contributed by atoms with van der Waals surface area (Å²) in [5.41, 5.74) is 0.438. The number of rotatable bonds is 6. The summed E-state index contributed by atoms with van der Waals surface area (Å²) < 4.78 is 5.69. The maximum absolute atomic E-state index is 9.88. The van der Waals surface area contributed by atoms with Gasteiger partial charge in [0.15, 0.2) is 0 Å². The Morgan fingerprint density at radius 3 is 2.67 bits per heavy atom. The first-order valence-electron chi connectivity index (χ1n) is 6.31. The molecule has 0 aliphatic carbocycles. The number of benzene rings is 1. The summed E-state index contributed by atoms with van der Waals surface area (Å²) in [7, 11) is 0. The number of nitriles is 1. The van der Waals surface area contributed by atoms with Crippen LogP contribution in [0.1, 0.15) is 45.3 Å². The highest BCUT2D eigenvalue weighted by molar-refractivity contribution is 5.35. The van der Waals surface area contributed by atoms with E-state index >= 15 is 0 Å². The zero-order chi connectivity index (χ0) is 13.6. The predicted molar refractivity (Wildman–Crippen MR) is 71.2 cm³/mol. The molecule has 1 unspecified atom stereocenters. The fraction of sp³-hybridized carbons (Fsp3) is 0.533. The molecular weight excluding hydrogens is 226 g/mol. The summed E-state index contributed by atoms with van der Waals surface area (Å²) in [6.07, 6.45) is 0.828. The van der Waals surface area contributed by atoms with Crippen molar-refractivity contribution in [1.29, 1.82) is 5.26 Å². The monoisotopic (exact) mass is 247 g/mol. The topological polar surface area (TPSA) is 53.2 Å². The lowest BCUT2D eigenvalue weighted by Gasteiger charge is -2.18. The molecule has 1 aromatic carbocycles. The van der Waals surface area contributed by atoms with Crippen molar-refractivity contribution in [3.05, 3.63) is 29.8 Å². The van der Waals surface area contributed by atoms with Crippen LogP contribution in [-0.2, 0) is 0 Å². The molecule has 18 heavy (non-hydrogen) atoms. The van der Waals surface area contributed by atoms with E-state index in [2.05, 4.69) is 6.07 Å². The van der Waals surface area contributed by atoms with Gasteiger partial charge in [0.25, 0.3) is 0 Å². The molecule has 0 fully saturated rings. The summed E-state index contributed by atoms with van der Waals surface area (Å²) in [6, 6.07) is 9.75. The molecule has 0 spiro atoms. The van der Waals surface area contributed by atoms with Crippen molar-refractivity contribution in [3.63, 3.8) is 0 Å². The van der Waals surface area contributed by atoms with Crippen molar-refractivity contribution < 1.29 is 9.84 Å². The molecule has 3 heteroatoms. The Morgan fingerprint density at radius 1 is 1.39 bits per heavy atom. The van der Waals surface area contributed by atoms with E-state index in [1.807, 2.05) is 45.0 Å². The molecule has 1 rings (SSSR count). The van der Waals surface area contributed by atoms with Crippen molar-refractivity contribution >= 4 is 0 Å². The molecule has 0 saturated carbocycles. The molecule has 0 radical (unpaired) electrons. The van der Waals surface area contributed by atoms with Gasteiger partial charge in [0.2, 0.25) is 0 Å². The van der Waals surface area contributed by atoms with Gasteiger partial charge in [-0.2, -0.15) is 5.26 Å². The molecule has 0 aromatic heterocycles. The molecular formula is C15H21NO2. The Bertz CT molecular complexity index is 421. The second-order valence-electron chi connectivity index (χ2n) is 5.06. The molecule has 1 aromatic rings. The average molecular weight is 247 g/mol. The van der Waals surface area contributed by atoms with Crippen molar-refractivity contribution in [2.45, 2.75) is 39.7 Å². The summed E-state index contributed by atoms with van der Waals surface area (Å²) in [5.74, 6) is 0.709. The van der Waals surface area contributed by atoms with Gasteiger partial charge in [0, 0.05) is 5.56 Å². The number of aliphatic hydroxyl groups excluding tert-OH is 1. The van der Waals surface area contributed by atoms with E-state index in [9.17, 15) is 5.11 Å². The minimum absolute atomic E-state index is 0.377. The molecule has 3 nitrogen and oxygen atoms in total. The third-order valence-electron chi connectivity index (χ3n) is 2.95. The van der Waals surface area contributed by atoms with Crippen LogP contribution in [0.4, 0.5) is 0 Å². The first kappa shape index (κ1) is 14.5. The maximum Gasteiger partial charge on any atom is 0.125 e. The third-order valence-corrected chi connectivity index (χ3v) is 2.95. The number of hydrogen-bond donors (Lipinski definition) is 1. The lowest BCUT2D eigenvalue weighted by atomic mass is 9.92. The third kappa shape index (κ3) is 4.05. The minimum atomic E-state index is -0.495. The van der Waals surface area contributed by atoms with E-state index < -0.39 is 6.10 Å². The number of aliphatic hydroxyl groups is 1. The smallest absolute Gasteiger partial charge is 0.125 e. The number of hydrogen-bond acceptors (Lipinski definition) is 3. The Morgan fingerprint density at radius 2 is 2.06 bits per heavy atom. The molecule has 0 amide bonds. The first-order valence-corrected chi connectivity index (χ1v) is 6.31. The van der Waals surface area contributed by atoms with Gasteiger partial charge in [-0.1, -0.05) is 25.1 Å². The molecule has 0 aliphatic heterocycles. The highest BCUT2D eigenvalue weighted by atomic mass is 16.5. The SMILES string of the molecule is CCC(O)c1ccccc1OCCC(C)(C)C#N. The zero-order valence-electron chi connectivity index (χ0n) is 11.3. The maximum atomic E-state index is 9.88. The van der Waals surface area contributed by atoms with Crippen LogP contribution < -0.4 is 4.74 Å². The summed E-state index contributed by atoms with van der Waals surface area (Å²) in [5, 5.41) is 18.8. The standard InChI is InChI=1S/C15H21NO2/c1-4-13(17)12-7-5-6-8-14(12)18-10-9-15(2,3)11-16/h5-8,13,17H,4,9-10H2,1-3H3. The predicted octanol–water partition coefficient (Wildman–Crippen LogP) is 3.45. The normalized spacial score (nSPS) is 12.8. The van der Waals surface area contributed by atoms with Crippen LogP contribution >= 0.6 is 0 Å². The van der Waals surface area contributed by atoms with Crippen LogP contribution in [-0.4, -0.2) is 11.7 Å². The quantitative estimate of drug-likeness (QED) is 0.837. The lowest BCUT2D eigenvalue weighted by molar-refractivity contribution is 0.165. The Labute approximate surface area is 109 Å². The van der Waals surface area contributed by atoms with Gasteiger partial charge < -0.3 is 9.84 Å². The van der Waals surface area contributed by atoms with Gasteiger partial charge >= 0.3 is 0 Å². The van der Waals surface area contributed by atoms with E-state index in [0.717, 1.165) is 5.56 Å². The highest BCUT2D eigenvalue weighted by Crippen LogP contribution is 2.28. The van der Waals surface area contributed by atoms with Crippen LogP contribution in [0, 0.1) is 16.7 Å². The molecule has 98 valence electrons. The van der Waals surface area contributed by atoms with E-state index in [1.54, 1.807) is 0 Å². The fourth-order valence-corrected chi connectivity index (χ4v) is 1.58. The van der Waals surface area contributed by atoms with Gasteiger partial charge in [0.1, 0.15) is 5.75 Å². The van der Waals surface area contributed by atoms with E-state index in [1.165, 1.54) is 0 Å². The molecule has 0 bridgehead atoms. The van der Waals surface area contributed by atoms with E-state index in [-0.39, 0.29) is 5.41 Å². The highest BCUT2D eigenvalue weighted by Gasteiger charge is 2.17. The van der Waals surface area contributed by atoms with E-state index in [4.69, 9.17) is 10.00 Å². The summed E-state index contributed by atoms with van der Waals surface area (Å²) in [4.78, 5) is 0. The molecule has 1 N–H and O–H groups in total. The van der Waals surface area contributed by atoms with Crippen molar-refractivity contribution in [2.24, 2.45) is 5.41 Å². The van der Waals surface area contributed by atoms with Gasteiger partial charge in [-0.15, -0.1) is 0 Å². The Hall–Kier alpha value is -1.53. The average Bonchev–Trinajstić information content (AvgIpc) is 2.38. The van der Waals surface area contributed by atoms with Crippen LogP contribution in [0.2, 0.25) is 0 Å². The number of ether oxygens (including phenoxy) is 1. The largest absolute Gasteiger partial charge is 0.493 e. The van der Waals surface area contributed by atoms with E-state index in [0.29, 0.717) is 25.2 Å². The van der Waals surface area contributed by atoms with Gasteiger partial charge in [-0.25, -0.2) is 0 Å². The zero-order valence-corrected chi connectivity index (χ0v) is 11.3. The van der Waals surface area contributed by atoms with Gasteiger partial charge in [-0.05, 0) is 32.8 Å². The Kier molecular flexibility index (Phi) is 5.18. The second-order valence-corrected chi connectivity index (χ2v) is 5.06. The van der Waals surface area contributed by atoms with Crippen molar-refractivity contribution in [2.75, 3.05) is 6.61 Å². The second kappa shape index (κ2) is 6.42. The molecule has 0 saturated heterocycles. The van der Waals surface area contributed by atoms with Gasteiger partial charge in [0.05, 0.1) is 24.2 Å².